The Morgan fingerprint density at radius 2 is 2.12 bits per heavy atom. The Hall–Kier alpha value is -0.750. The third-order valence-corrected chi connectivity index (χ3v) is 3.93. The maximum absolute atomic E-state index is 10.9. The van der Waals surface area contributed by atoms with E-state index in [-0.39, 0.29) is 5.91 Å². The van der Waals surface area contributed by atoms with Crippen molar-refractivity contribution in [2.24, 2.45) is 5.92 Å². The van der Waals surface area contributed by atoms with Crippen molar-refractivity contribution in [2.75, 3.05) is 24.7 Å². The predicted octanol–water partition coefficient (Wildman–Crippen LogP) is 0.735. The number of amides is 1. The van der Waals surface area contributed by atoms with Crippen LogP contribution < -0.4 is 5.32 Å². The van der Waals surface area contributed by atoms with Crippen LogP contribution in [0.5, 0.6) is 0 Å². The summed E-state index contributed by atoms with van der Waals surface area (Å²) in [5.74, 6) is 0.697. The van der Waals surface area contributed by atoms with Gasteiger partial charge in [-0.05, 0) is 24.5 Å². The Morgan fingerprint density at radius 1 is 1.47 bits per heavy atom. The third kappa shape index (κ3) is 5.93. The zero-order valence-corrected chi connectivity index (χ0v) is 10.8. The Morgan fingerprint density at radius 3 is 2.65 bits per heavy atom. The number of carbonyl (C=O) groups excluding carboxylic acids is 1. The van der Waals surface area contributed by atoms with Gasteiger partial charge in [-0.2, -0.15) is 11.8 Å². The summed E-state index contributed by atoms with van der Waals surface area (Å²) in [6, 6.07) is -0.780. The van der Waals surface area contributed by atoms with E-state index in [1.165, 1.54) is 6.92 Å². The number of hydrogen-bond acceptors (Lipinski definition) is 4. The molecule has 1 rings (SSSR count). The van der Waals surface area contributed by atoms with Gasteiger partial charge in [-0.25, -0.2) is 4.79 Å². The Labute approximate surface area is 105 Å². The lowest BCUT2D eigenvalue weighted by molar-refractivity contribution is -0.140. The number of aliphatic carboxylic acids is 1. The summed E-state index contributed by atoms with van der Waals surface area (Å²) in [5, 5.41) is 11.3. The second-order valence-corrected chi connectivity index (χ2v) is 5.26. The lowest BCUT2D eigenvalue weighted by Crippen LogP contribution is -2.41. The first kappa shape index (κ1) is 14.3. The average Bonchev–Trinajstić information content (AvgIpc) is 2.28. The van der Waals surface area contributed by atoms with Gasteiger partial charge in [-0.3, -0.25) is 4.79 Å². The molecule has 17 heavy (non-hydrogen) atoms. The van der Waals surface area contributed by atoms with Gasteiger partial charge >= 0.3 is 5.97 Å². The number of carboxylic acids is 1. The fraction of sp³-hybridized carbons (Fsp3) is 0.818. The topological polar surface area (TPSA) is 75.6 Å². The van der Waals surface area contributed by atoms with Gasteiger partial charge < -0.3 is 15.2 Å². The lowest BCUT2D eigenvalue weighted by atomic mass is 10.0. The van der Waals surface area contributed by atoms with Crippen LogP contribution in [-0.4, -0.2) is 47.7 Å². The number of nitrogens with one attached hydrogen (secondary N) is 1. The maximum Gasteiger partial charge on any atom is 0.327 e. The molecule has 0 radical (unpaired) electrons. The molecule has 2 N–H and O–H groups in total. The van der Waals surface area contributed by atoms with E-state index >= 15 is 0 Å². The number of hydrogen-bond donors (Lipinski definition) is 2. The van der Waals surface area contributed by atoms with Crippen LogP contribution in [0.15, 0.2) is 0 Å². The molecule has 1 fully saturated rings. The minimum Gasteiger partial charge on any atom is -0.480 e. The first-order chi connectivity index (χ1) is 8.09. The molecule has 98 valence electrons. The van der Waals surface area contributed by atoms with Crippen LogP contribution in [-0.2, 0) is 14.3 Å². The van der Waals surface area contributed by atoms with E-state index in [0.717, 1.165) is 31.8 Å². The van der Waals surface area contributed by atoms with E-state index in [4.69, 9.17) is 9.84 Å². The molecule has 0 bridgehead atoms. The summed E-state index contributed by atoms with van der Waals surface area (Å²) in [5.41, 5.74) is 0. The molecule has 0 aromatic heterocycles. The van der Waals surface area contributed by atoms with Gasteiger partial charge in [-0.15, -0.1) is 0 Å². The fourth-order valence-electron chi connectivity index (χ4n) is 1.69. The maximum atomic E-state index is 10.9. The molecule has 1 aliphatic rings. The number of carboxylic acid groups (broad SMARTS) is 1. The molecule has 6 heteroatoms. The van der Waals surface area contributed by atoms with E-state index in [0.29, 0.717) is 11.7 Å². The van der Waals surface area contributed by atoms with Crippen molar-refractivity contribution >= 4 is 23.6 Å². The zero-order chi connectivity index (χ0) is 12.7. The summed E-state index contributed by atoms with van der Waals surface area (Å²) in [6.45, 7) is 2.94. The zero-order valence-electron chi connectivity index (χ0n) is 9.98. The highest BCUT2D eigenvalue weighted by Gasteiger charge is 2.20. The standard InChI is InChI=1S/C11H19NO4S/c1-8(13)12-10(11(14)15)7-17-6-9-2-4-16-5-3-9/h9-10H,2-7H2,1H3,(H,12,13)(H,14,15). The van der Waals surface area contributed by atoms with Crippen molar-refractivity contribution in [3.05, 3.63) is 0 Å². The Balaban J connectivity index is 2.21. The van der Waals surface area contributed by atoms with Crippen molar-refractivity contribution in [3.8, 4) is 0 Å². The minimum atomic E-state index is -0.973. The van der Waals surface area contributed by atoms with Crippen LogP contribution in [0.1, 0.15) is 19.8 Å². The first-order valence-electron chi connectivity index (χ1n) is 5.75. The Bertz CT molecular complexity index is 266. The molecular weight excluding hydrogens is 242 g/mol. The van der Waals surface area contributed by atoms with Gasteiger partial charge in [0.1, 0.15) is 6.04 Å². The van der Waals surface area contributed by atoms with Crippen molar-refractivity contribution in [1.29, 1.82) is 0 Å². The lowest BCUT2D eigenvalue weighted by Gasteiger charge is -2.22. The molecule has 5 nitrogen and oxygen atoms in total. The number of ether oxygens (including phenoxy) is 1. The Kier molecular flexibility index (Phi) is 6.36. The van der Waals surface area contributed by atoms with Crippen LogP contribution in [0, 0.1) is 5.92 Å². The van der Waals surface area contributed by atoms with Crippen LogP contribution >= 0.6 is 11.8 Å². The van der Waals surface area contributed by atoms with Crippen LogP contribution in [0.2, 0.25) is 0 Å². The second-order valence-electron chi connectivity index (χ2n) is 4.18. The molecule has 1 amide bonds. The summed E-state index contributed by atoms with van der Waals surface area (Å²) >= 11 is 1.59. The second kappa shape index (κ2) is 7.55. The van der Waals surface area contributed by atoms with Crippen LogP contribution in [0.3, 0.4) is 0 Å². The summed E-state index contributed by atoms with van der Waals surface area (Å²) in [7, 11) is 0. The molecule has 0 saturated carbocycles. The van der Waals surface area contributed by atoms with Gasteiger partial charge in [0.15, 0.2) is 0 Å². The summed E-state index contributed by atoms with van der Waals surface area (Å²) in [6.07, 6.45) is 2.09. The van der Waals surface area contributed by atoms with Gasteiger partial charge in [-0.1, -0.05) is 0 Å². The molecular formula is C11H19NO4S. The summed E-state index contributed by atoms with van der Waals surface area (Å²) < 4.78 is 5.26. The fourth-order valence-corrected chi connectivity index (χ4v) is 2.95. The van der Waals surface area contributed by atoms with E-state index in [1.807, 2.05) is 0 Å². The SMILES string of the molecule is CC(=O)NC(CSCC1CCOCC1)C(=O)O. The number of carbonyl (C=O) groups is 2. The molecule has 1 aliphatic heterocycles. The van der Waals surface area contributed by atoms with E-state index in [1.54, 1.807) is 11.8 Å². The quantitative estimate of drug-likeness (QED) is 0.737. The summed E-state index contributed by atoms with van der Waals surface area (Å²) in [4.78, 5) is 21.7. The van der Waals surface area contributed by atoms with Crippen LogP contribution in [0.25, 0.3) is 0 Å². The van der Waals surface area contributed by atoms with E-state index in [9.17, 15) is 9.59 Å². The van der Waals surface area contributed by atoms with E-state index in [2.05, 4.69) is 5.32 Å². The predicted molar refractivity (Wildman–Crippen MR) is 66.1 cm³/mol. The highest BCUT2D eigenvalue weighted by Crippen LogP contribution is 2.20. The highest BCUT2D eigenvalue weighted by atomic mass is 32.2. The van der Waals surface area contributed by atoms with Crippen molar-refractivity contribution in [2.45, 2.75) is 25.8 Å². The monoisotopic (exact) mass is 261 g/mol. The van der Waals surface area contributed by atoms with Crippen molar-refractivity contribution in [3.63, 3.8) is 0 Å². The van der Waals surface area contributed by atoms with Crippen LogP contribution in [0.4, 0.5) is 0 Å². The number of rotatable bonds is 6. The highest BCUT2D eigenvalue weighted by molar-refractivity contribution is 7.99. The molecule has 0 aliphatic carbocycles. The van der Waals surface area contributed by atoms with Gasteiger partial charge in [0.25, 0.3) is 0 Å². The molecule has 1 heterocycles. The first-order valence-corrected chi connectivity index (χ1v) is 6.90. The average molecular weight is 261 g/mol. The molecule has 1 atom stereocenters. The third-order valence-electron chi connectivity index (χ3n) is 2.65. The largest absolute Gasteiger partial charge is 0.480 e. The molecule has 1 unspecified atom stereocenters. The smallest absolute Gasteiger partial charge is 0.327 e. The van der Waals surface area contributed by atoms with E-state index < -0.39 is 12.0 Å². The minimum absolute atomic E-state index is 0.302. The number of thioether (sulfide) groups is 1. The normalized spacial score (nSPS) is 18.6. The van der Waals surface area contributed by atoms with Gasteiger partial charge in [0.05, 0.1) is 0 Å². The van der Waals surface area contributed by atoms with Crippen molar-refractivity contribution < 1.29 is 19.4 Å². The van der Waals surface area contributed by atoms with Crippen molar-refractivity contribution in [1.82, 2.24) is 5.32 Å². The molecule has 1 saturated heterocycles. The molecule has 0 aromatic carbocycles. The molecule has 0 spiro atoms. The molecule has 0 aromatic rings. The van der Waals surface area contributed by atoms with Gasteiger partial charge in [0, 0.05) is 25.9 Å². The van der Waals surface area contributed by atoms with Gasteiger partial charge in [0.2, 0.25) is 5.91 Å².